The van der Waals surface area contributed by atoms with Crippen molar-refractivity contribution < 1.29 is 24.2 Å². The van der Waals surface area contributed by atoms with E-state index in [9.17, 15) is 0 Å². The van der Waals surface area contributed by atoms with E-state index in [1.807, 2.05) is 6.07 Å². The summed E-state index contributed by atoms with van der Waals surface area (Å²) in [4.78, 5) is 8.59. The van der Waals surface area contributed by atoms with E-state index in [1.54, 1.807) is 64.8 Å². The molecule has 0 amide bonds. The van der Waals surface area contributed by atoms with Gasteiger partial charge in [-0.05, 0) is 19.1 Å². The van der Waals surface area contributed by atoms with Crippen molar-refractivity contribution in [1.29, 1.82) is 0 Å². The number of benzene rings is 2. The van der Waals surface area contributed by atoms with Crippen LogP contribution in [0.25, 0.3) is 0 Å². The Bertz CT molecular complexity index is 1030. The molecule has 0 bridgehead atoms. The first-order valence-corrected chi connectivity index (χ1v) is 8.94. The summed E-state index contributed by atoms with van der Waals surface area (Å²) in [6.45, 7) is 1.70. The normalized spacial score (nSPS) is 11.0. The standard InChI is InChI=1S/C21H22N4O5/c1-13(25-26)14-6-5-7-16(8-14)30-20-12-22-11-19(24-20)23-15-9-17(27-2)21(29-4)18(10-15)28-3/h5-12,26H,1-4H3,(H,23,24)/b25-13+. The molecule has 1 aromatic heterocycles. The molecule has 0 aliphatic carbocycles. The first-order chi connectivity index (χ1) is 14.6. The van der Waals surface area contributed by atoms with Crippen molar-refractivity contribution in [3.05, 3.63) is 54.4 Å². The van der Waals surface area contributed by atoms with Crippen LogP contribution in [0, 0.1) is 0 Å². The maximum Gasteiger partial charge on any atom is 0.239 e. The number of hydrogen-bond acceptors (Lipinski definition) is 9. The van der Waals surface area contributed by atoms with E-state index >= 15 is 0 Å². The molecule has 0 fully saturated rings. The summed E-state index contributed by atoms with van der Waals surface area (Å²) in [6, 6.07) is 10.7. The van der Waals surface area contributed by atoms with Gasteiger partial charge in [-0.25, -0.2) is 0 Å². The summed E-state index contributed by atoms with van der Waals surface area (Å²) in [5, 5.41) is 15.3. The number of ether oxygens (including phenoxy) is 4. The van der Waals surface area contributed by atoms with E-state index in [2.05, 4.69) is 20.4 Å². The molecule has 2 aromatic carbocycles. The summed E-state index contributed by atoms with van der Waals surface area (Å²) < 4.78 is 21.9. The molecule has 1 heterocycles. The summed E-state index contributed by atoms with van der Waals surface area (Å²) in [5.41, 5.74) is 1.88. The van der Waals surface area contributed by atoms with Gasteiger partial charge < -0.3 is 29.5 Å². The van der Waals surface area contributed by atoms with Crippen LogP contribution in [0.2, 0.25) is 0 Å². The predicted molar refractivity (Wildman–Crippen MR) is 112 cm³/mol. The number of hydrogen-bond donors (Lipinski definition) is 2. The molecule has 0 aliphatic heterocycles. The molecule has 0 saturated heterocycles. The fourth-order valence-electron chi connectivity index (χ4n) is 2.72. The molecular weight excluding hydrogens is 388 g/mol. The fourth-order valence-corrected chi connectivity index (χ4v) is 2.72. The second-order valence-electron chi connectivity index (χ2n) is 6.10. The molecule has 0 saturated carbocycles. The van der Waals surface area contributed by atoms with Crippen LogP contribution in [-0.2, 0) is 0 Å². The molecule has 2 N–H and O–H groups in total. The molecule has 0 spiro atoms. The average molecular weight is 410 g/mol. The average Bonchev–Trinajstić information content (AvgIpc) is 2.78. The first-order valence-electron chi connectivity index (χ1n) is 8.94. The Morgan fingerprint density at radius 3 is 2.37 bits per heavy atom. The molecule has 0 aliphatic rings. The van der Waals surface area contributed by atoms with Crippen molar-refractivity contribution in [2.75, 3.05) is 26.6 Å². The molecule has 0 radical (unpaired) electrons. The van der Waals surface area contributed by atoms with Gasteiger partial charge in [-0.2, -0.15) is 4.98 Å². The van der Waals surface area contributed by atoms with Crippen molar-refractivity contribution in [3.8, 4) is 28.9 Å². The van der Waals surface area contributed by atoms with Gasteiger partial charge in [-0.15, -0.1) is 0 Å². The molecule has 3 aromatic rings. The maximum absolute atomic E-state index is 8.94. The number of aromatic nitrogens is 2. The minimum Gasteiger partial charge on any atom is -0.493 e. The number of rotatable bonds is 8. The zero-order valence-corrected chi connectivity index (χ0v) is 17.0. The minimum absolute atomic E-state index is 0.295. The lowest BCUT2D eigenvalue weighted by Crippen LogP contribution is -2.00. The third-order valence-corrected chi connectivity index (χ3v) is 4.17. The number of anilines is 2. The van der Waals surface area contributed by atoms with E-state index in [-0.39, 0.29) is 0 Å². The van der Waals surface area contributed by atoms with Crippen LogP contribution < -0.4 is 24.3 Å². The Balaban J connectivity index is 1.83. The van der Waals surface area contributed by atoms with E-state index in [4.69, 9.17) is 24.2 Å². The molecule has 156 valence electrons. The molecule has 3 rings (SSSR count). The van der Waals surface area contributed by atoms with Crippen molar-refractivity contribution in [2.45, 2.75) is 6.92 Å². The summed E-state index contributed by atoms with van der Waals surface area (Å²) >= 11 is 0. The Morgan fingerprint density at radius 1 is 1.00 bits per heavy atom. The van der Waals surface area contributed by atoms with Gasteiger partial charge in [0.1, 0.15) is 5.75 Å². The predicted octanol–water partition coefficient (Wildman–Crippen LogP) is 4.24. The summed E-state index contributed by atoms with van der Waals surface area (Å²) in [6.07, 6.45) is 3.06. The summed E-state index contributed by atoms with van der Waals surface area (Å²) in [5.74, 6) is 2.81. The monoisotopic (exact) mass is 410 g/mol. The second-order valence-corrected chi connectivity index (χ2v) is 6.10. The Morgan fingerprint density at radius 2 is 1.73 bits per heavy atom. The lowest BCUT2D eigenvalue weighted by Gasteiger charge is -2.15. The van der Waals surface area contributed by atoms with Crippen LogP contribution in [0.4, 0.5) is 11.5 Å². The van der Waals surface area contributed by atoms with Gasteiger partial charge in [-0.3, -0.25) is 4.98 Å². The Kier molecular flexibility index (Phi) is 6.53. The van der Waals surface area contributed by atoms with E-state index in [0.717, 1.165) is 5.56 Å². The number of oxime groups is 1. The van der Waals surface area contributed by atoms with Gasteiger partial charge in [-0.1, -0.05) is 17.3 Å². The van der Waals surface area contributed by atoms with Crippen LogP contribution in [0.3, 0.4) is 0 Å². The van der Waals surface area contributed by atoms with Crippen LogP contribution in [-0.4, -0.2) is 42.2 Å². The van der Waals surface area contributed by atoms with Crippen molar-refractivity contribution in [1.82, 2.24) is 9.97 Å². The molecule has 9 nitrogen and oxygen atoms in total. The van der Waals surface area contributed by atoms with Gasteiger partial charge in [0, 0.05) is 23.4 Å². The van der Waals surface area contributed by atoms with Gasteiger partial charge in [0.15, 0.2) is 17.3 Å². The van der Waals surface area contributed by atoms with E-state index < -0.39 is 0 Å². The van der Waals surface area contributed by atoms with Crippen LogP contribution >= 0.6 is 0 Å². The highest BCUT2D eigenvalue weighted by Crippen LogP contribution is 2.40. The van der Waals surface area contributed by atoms with Crippen molar-refractivity contribution in [2.24, 2.45) is 5.16 Å². The highest BCUT2D eigenvalue weighted by atomic mass is 16.5. The topological polar surface area (TPSA) is 107 Å². The number of nitrogens with zero attached hydrogens (tertiary/aromatic N) is 3. The van der Waals surface area contributed by atoms with Gasteiger partial charge in [0.2, 0.25) is 11.6 Å². The van der Waals surface area contributed by atoms with E-state index in [0.29, 0.717) is 46.1 Å². The number of methoxy groups -OCH3 is 3. The van der Waals surface area contributed by atoms with Crippen LogP contribution in [0.1, 0.15) is 12.5 Å². The van der Waals surface area contributed by atoms with Crippen LogP contribution in [0.15, 0.2) is 53.9 Å². The van der Waals surface area contributed by atoms with Crippen LogP contribution in [0.5, 0.6) is 28.9 Å². The second kappa shape index (κ2) is 9.46. The SMILES string of the molecule is COc1cc(Nc2cncc(Oc3cccc(/C(C)=N/O)c3)n2)cc(OC)c1OC. The molecule has 0 unspecified atom stereocenters. The van der Waals surface area contributed by atoms with Crippen molar-refractivity contribution >= 4 is 17.2 Å². The largest absolute Gasteiger partial charge is 0.493 e. The van der Waals surface area contributed by atoms with E-state index in [1.165, 1.54) is 6.20 Å². The lowest BCUT2D eigenvalue weighted by atomic mass is 10.1. The summed E-state index contributed by atoms with van der Waals surface area (Å²) in [7, 11) is 4.64. The molecule has 30 heavy (non-hydrogen) atoms. The fraction of sp³-hybridized carbons (Fsp3) is 0.190. The molecule has 9 heteroatoms. The maximum atomic E-state index is 8.94. The minimum atomic E-state index is 0.295. The van der Waals surface area contributed by atoms with Gasteiger partial charge in [0.05, 0.1) is 39.4 Å². The quantitative estimate of drug-likeness (QED) is 0.323. The third kappa shape index (κ3) is 4.69. The number of nitrogens with one attached hydrogen (secondary N) is 1. The molecular formula is C21H22N4O5. The van der Waals surface area contributed by atoms with Crippen molar-refractivity contribution in [3.63, 3.8) is 0 Å². The van der Waals surface area contributed by atoms with Gasteiger partial charge >= 0.3 is 0 Å². The third-order valence-electron chi connectivity index (χ3n) is 4.17. The Hall–Kier alpha value is -4.01. The zero-order valence-electron chi connectivity index (χ0n) is 17.0. The first kappa shape index (κ1) is 20.7. The highest BCUT2D eigenvalue weighted by Gasteiger charge is 2.14. The lowest BCUT2D eigenvalue weighted by molar-refractivity contribution is 0.319. The highest BCUT2D eigenvalue weighted by molar-refractivity contribution is 5.98. The zero-order chi connectivity index (χ0) is 21.5. The van der Waals surface area contributed by atoms with Gasteiger partial charge in [0.25, 0.3) is 0 Å². The Labute approximate surface area is 173 Å². The molecule has 0 atom stereocenters. The smallest absolute Gasteiger partial charge is 0.239 e.